The Morgan fingerprint density at radius 2 is 2.12 bits per heavy atom. The molecule has 1 aromatic heterocycles. The van der Waals surface area contributed by atoms with E-state index >= 15 is 0 Å². The SMILES string of the molecule is CCC(C)C(NC(=O)c1cscc1C)C(=O)O. The van der Waals surface area contributed by atoms with E-state index in [-0.39, 0.29) is 11.8 Å². The fraction of sp³-hybridized carbons (Fsp3) is 0.500. The monoisotopic (exact) mass is 255 g/mol. The molecule has 2 unspecified atom stereocenters. The molecule has 17 heavy (non-hydrogen) atoms. The van der Waals surface area contributed by atoms with Crippen LogP contribution in [-0.4, -0.2) is 23.0 Å². The van der Waals surface area contributed by atoms with E-state index in [4.69, 9.17) is 5.11 Å². The molecule has 0 fully saturated rings. The smallest absolute Gasteiger partial charge is 0.326 e. The van der Waals surface area contributed by atoms with Crippen molar-refractivity contribution in [3.8, 4) is 0 Å². The molecule has 1 heterocycles. The van der Waals surface area contributed by atoms with Gasteiger partial charge in [0.25, 0.3) is 5.91 Å². The number of amides is 1. The van der Waals surface area contributed by atoms with Gasteiger partial charge in [-0.25, -0.2) is 4.79 Å². The third-order valence-corrected chi connectivity index (χ3v) is 3.73. The van der Waals surface area contributed by atoms with Gasteiger partial charge in [-0.1, -0.05) is 20.3 Å². The van der Waals surface area contributed by atoms with Crippen molar-refractivity contribution in [1.29, 1.82) is 0 Å². The maximum absolute atomic E-state index is 11.9. The van der Waals surface area contributed by atoms with Crippen LogP contribution in [0, 0.1) is 12.8 Å². The lowest BCUT2D eigenvalue weighted by Crippen LogP contribution is -2.45. The van der Waals surface area contributed by atoms with Crippen molar-refractivity contribution >= 4 is 23.2 Å². The van der Waals surface area contributed by atoms with Gasteiger partial charge in [0.2, 0.25) is 0 Å². The summed E-state index contributed by atoms with van der Waals surface area (Å²) >= 11 is 1.44. The lowest BCUT2D eigenvalue weighted by atomic mass is 9.99. The van der Waals surface area contributed by atoms with Crippen molar-refractivity contribution in [3.63, 3.8) is 0 Å². The predicted octanol–water partition coefficient (Wildman–Crippen LogP) is 2.29. The van der Waals surface area contributed by atoms with Crippen LogP contribution in [0.5, 0.6) is 0 Å². The van der Waals surface area contributed by atoms with Gasteiger partial charge < -0.3 is 10.4 Å². The van der Waals surface area contributed by atoms with Gasteiger partial charge in [-0.15, -0.1) is 0 Å². The number of thiophene rings is 1. The van der Waals surface area contributed by atoms with Gasteiger partial charge in [0.15, 0.2) is 0 Å². The van der Waals surface area contributed by atoms with Crippen molar-refractivity contribution in [3.05, 3.63) is 21.9 Å². The van der Waals surface area contributed by atoms with E-state index in [1.165, 1.54) is 11.3 Å². The molecular weight excluding hydrogens is 238 g/mol. The largest absolute Gasteiger partial charge is 0.480 e. The Kier molecular flexibility index (Phi) is 4.69. The van der Waals surface area contributed by atoms with Crippen LogP contribution in [0.25, 0.3) is 0 Å². The van der Waals surface area contributed by atoms with Crippen molar-refractivity contribution in [2.75, 3.05) is 0 Å². The second kappa shape index (κ2) is 5.82. The number of rotatable bonds is 5. The Morgan fingerprint density at radius 3 is 2.53 bits per heavy atom. The summed E-state index contributed by atoms with van der Waals surface area (Å²) in [7, 11) is 0. The lowest BCUT2D eigenvalue weighted by molar-refractivity contribution is -0.140. The third kappa shape index (κ3) is 3.30. The highest BCUT2D eigenvalue weighted by Gasteiger charge is 2.26. The topological polar surface area (TPSA) is 66.4 Å². The molecule has 0 radical (unpaired) electrons. The Balaban J connectivity index is 2.78. The summed E-state index contributed by atoms with van der Waals surface area (Å²) < 4.78 is 0. The van der Waals surface area contributed by atoms with Gasteiger partial charge in [-0.2, -0.15) is 11.3 Å². The Bertz CT molecular complexity index is 414. The number of hydrogen-bond acceptors (Lipinski definition) is 3. The zero-order valence-electron chi connectivity index (χ0n) is 10.2. The molecule has 1 amide bonds. The van der Waals surface area contributed by atoms with Crippen LogP contribution < -0.4 is 5.32 Å². The Hall–Kier alpha value is -1.36. The maximum Gasteiger partial charge on any atom is 0.326 e. The minimum absolute atomic E-state index is 0.0876. The quantitative estimate of drug-likeness (QED) is 0.848. The summed E-state index contributed by atoms with van der Waals surface area (Å²) in [5.41, 5.74) is 1.44. The molecular formula is C12H17NO3S. The van der Waals surface area contributed by atoms with Crippen LogP contribution in [0.3, 0.4) is 0 Å². The van der Waals surface area contributed by atoms with E-state index in [0.717, 1.165) is 5.56 Å². The van der Waals surface area contributed by atoms with Gasteiger partial charge >= 0.3 is 5.97 Å². The number of aliphatic carboxylic acids is 1. The van der Waals surface area contributed by atoms with Crippen LogP contribution in [0.1, 0.15) is 36.2 Å². The van der Waals surface area contributed by atoms with Crippen molar-refractivity contribution in [1.82, 2.24) is 5.32 Å². The first-order valence-corrected chi connectivity index (χ1v) is 6.48. The molecule has 0 bridgehead atoms. The van der Waals surface area contributed by atoms with E-state index in [0.29, 0.717) is 12.0 Å². The highest BCUT2D eigenvalue weighted by molar-refractivity contribution is 7.08. The van der Waals surface area contributed by atoms with Crippen LogP contribution in [-0.2, 0) is 4.79 Å². The highest BCUT2D eigenvalue weighted by Crippen LogP contribution is 2.15. The fourth-order valence-corrected chi connectivity index (χ4v) is 2.32. The number of nitrogens with one attached hydrogen (secondary N) is 1. The number of aryl methyl sites for hydroxylation is 1. The van der Waals surface area contributed by atoms with Crippen LogP contribution in [0.4, 0.5) is 0 Å². The molecule has 0 aliphatic heterocycles. The van der Waals surface area contributed by atoms with E-state index in [1.54, 1.807) is 5.38 Å². The highest BCUT2D eigenvalue weighted by atomic mass is 32.1. The molecule has 94 valence electrons. The molecule has 0 spiro atoms. The second-order valence-corrected chi connectivity index (χ2v) is 4.89. The van der Waals surface area contributed by atoms with Crippen molar-refractivity contribution in [2.45, 2.75) is 33.2 Å². The van der Waals surface area contributed by atoms with E-state index in [9.17, 15) is 9.59 Å². The average Bonchev–Trinajstić information content (AvgIpc) is 2.70. The Morgan fingerprint density at radius 1 is 1.47 bits per heavy atom. The number of carbonyl (C=O) groups excluding carboxylic acids is 1. The van der Waals surface area contributed by atoms with E-state index in [2.05, 4.69) is 5.32 Å². The first-order chi connectivity index (χ1) is 7.97. The molecule has 0 aromatic carbocycles. The molecule has 0 saturated heterocycles. The number of hydrogen-bond donors (Lipinski definition) is 2. The fourth-order valence-electron chi connectivity index (χ4n) is 1.50. The van der Waals surface area contributed by atoms with E-state index in [1.807, 2.05) is 26.2 Å². The summed E-state index contributed by atoms with van der Waals surface area (Å²) in [5, 5.41) is 15.3. The minimum atomic E-state index is -0.986. The molecule has 0 saturated carbocycles. The van der Waals surface area contributed by atoms with Crippen molar-refractivity contribution < 1.29 is 14.7 Å². The molecule has 0 aliphatic carbocycles. The molecule has 1 rings (SSSR count). The number of carboxylic acid groups (broad SMARTS) is 1. The molecule has 1 aromatic rings. The molecule has 0 aliphatic rings. The number of carboxylic acids is 1. The summed E-state index contributed by atoms with van der Waals surface area (Å²) in [6.45, 7) is 5.56. The summed E-state index contributed by atoms with van der Waals surface area (Å²) in [4.78, 5) is 23.0. The zero-order chi connectivity index (χ0) is 13.0. The lowest BCUT2D eigenvalue weighted by Gasteiger charge is -2.20. The van der Waals surface area contributed by atoms with Gasteiger partial charge in [0, 0.05) is 5.38 Å². The third-order valence-electron chi connectivity index (χ3n) is 2.87. The van der Waals surface area contributed by atoms with Crippen LogP contribution in [0.2, 0.25) is 0 Å². The Labute approximate surface area is 105 Å². The maximum atomic E-state index is 11.9. The molecule has 2 N–H and O–H groups in total. The zero-order valence-corrected chi connectivity index (χ0v) is 11.0. The summed E-state index contributed by atoms with van der Waals surface area (Å²) in [6, 6.07) is -0.827. The van der Waals surface area contributed by atoms with Crippen LogP contribution >= 0.6 is 11.3 Å². The molecule has 2 atom stereocenters. The van der Waals surface area contributed by atoms with Gasteiger partial charge in [0.05, 0.1) is 5.56 Å². The summed E-state index contributed by atoms with van der Waals surface area (Å²) in [5.74, 6) is -1.38. The first kappa shape index (κ1) is 13.7. The molecule has 5 heteroatoms. The summed E-state index contributed by atoms with van der Waals surface area (Å²) in [6.07, 6.45) is 0.708. The normalized spacial score (nSPS) is 14.1. The van der Waals surface area contributed by atoms with Gasteiger partial charge in [0.1, 0.15) is 6.04 Å². The molecule has 4 nitrogen and oxygen atoms in total. The van der Waals surface area contributed by atoms with Crippen LogP contribution in [0.15, 0.2) is 10.8 Å². The van der Waals surface area contributed by atoms with Gasteiger partial charge in [-0.05, 0) is 23.8 Å². The van der Waals surface area contributed by atoms with Gasteiger partial charge in [-0.3, -0.25) is 4.79 Å². The number of carbonyl (C=O) groups is 2. The second-order valence-electron chi connectivity index (χ2n) is 4.14. The average molecular weight is 255 g/mol. The van der Waals surface area contributed by atoms with E-state index < -0.39 is 12.0 Å². The van der Waals surface area contributed by atoms with Crippen molar-refractivity contribution in [2.24, 2.45) is 5.92 Å². The minimum Gasteiger partial charge on any atom is -0.480 e. The predicted molar refractivity (Wildman–Crippen MR) is 67.4 cm³/mol. The standard InChI is InChI=1S/C12H17NO3S/c1-4-7(2)10(12(15)16)13-11(14)9-6-17-5-8(9)3/h5-7,10H,4H2,1-3H3,(H,13,14)(H,15,16). The first-order valence-electron chi connectivity index (χ1n) is 5.53.